The molecule has 0 spiro atoms. The third kappa shape index (κ3) is 5.30. The molecule has 1 atom stereocenters. The number of aromatic hydroxyl groups is 1. The summed E-state index contributed by atoms with van der Waals surface area (Å²) in [6.45, 7) is 1.81. The van der Waals surface area contributed by atoms with Crippen molar-refractivity contribution in [1.82, 2.24) is 0 Å². The molecular formula is C25H25FO2. The number of rotatable bonds is 7. The van der Waals surface area contributed by atoms with Crippen LogP contribution in [0, 0.1) is 5.82 Å². The van der Waals surface area contributed by atoms with Crippen LogP contribution in [0.5, 0.6) is 5.75 Å². The summed E-state index contributed by atoms with van der Waals surface area (Å²) in [6.07, 6.45) is 6.67. The predicted molar refractivity (Wildman–Crippen MR) is 114 cm³/mol. The molecule has 0 heterocycles. The first kappa shape index (κ1) is 19.8. The van der Waals surface area contributed by atoms with Gasteiger partial charge in [-0.3, -0.25) is 0 Å². The first-order valence-electron chi connectivity index (χ1n) is 9.57. The molecule has 0 aromatic heterocycles. The van der Waals surface area contributed by atoms with Crippen molar-refractivity contribution >= 4 is 6.08 Å². The zero-order valence-corrected chi connectivity index (χ0v) is 16.0. The van der Waals surface area contributed by atoms with Gasteiger partial charge in [0.2, 0.25) is 0 Å². The van der Waals surface area contributed by atoms with Gasteiger partial charge in [-0.2, -0.15) is 0 Å². The van der Waals surface area contributed by atoms with Crippen LogP contribution >= 0.6 is 0 Å². The van der Waals surface area contributed by atoms with Crippen molar-refractivity contribution in [2.45, 2.75) is 32.3 Å². The van der Waals surface area contributed by atoms with Crippen molar-refractivity contribution in [3.63, 3.8) is 0 Å². The lowest BCUT2D eigenvalue weighted by molar-refractivity contribution is 0.182. The van der Waals surface area contributed by atoms with Gasteiger partial charge in [0.15, 0.2) is 0 Å². The second-order valence-corrected chi connectivity index (χ2v) is 7.05. The van der Waals surface area contributed by atoms with Gasteiger partial charge in [0.05, 0.1) is 6.10 Å². The number of phenols is 1. The molecule has 3 rings (SSSR count). The quantitative estimate of drug-likeness (QED) is 0.467. The molecular weight excluding hydrogens is 351 g/mol. The predicted octanol–water partition coefficient (Wildman–Crippen LogP) is 6.43. The molecule has 3 aromatic carbocycles. The van der Waals surface area contributed by atoms with Gasteiger partial charge in [-0.05, 0) is 66.6 Å². The van der Waals surface area contributed by atoms with Crippen LogP contribution < -0.4 is 0 Å². The number of aliphatic hydroxyl groups excluding tert-OH is 1. The third-order valence-electron chi connectivity index (χ3n) is 4.69. The Morgan fingerprint density at radius 2 is 1.54 bits per heavy atom. The first-order valence-corrected chi connectivity index (χ1v) is 9.57. The molecule has 0 aliphatic heterocycles. The van der Waals surface area contributed by atoms with Gasteiger partial charge in [-0.1, -0.05) is 60.7 Å². The number of hydrogen-bond acceptors (Lipinski definition) is 2. The van der Waals surface area contributed by atoms with E-state index < -0.39 is 0 Å². The Morgan fingerprint density at radius 3 is 2.18 bits per heavy atom. The van der Waals surface area contributed by atoms with Gasteiger partial charge < -0.3 is 10.2 Å². The van der Waals surface area contributed by atoms with Gasteiger partial charge in [-0.15, -0.1) is 0 Å². The Labute approximate surface area is 165 Å². The summed E-state index contributed by atoms with van der Waals surface area (Å²) in [6, 6.07) is 19.8. The van der Waals surface area contributed by atoms with Crippen LogP contribution in [-0.2, 0) is 0 Å². The van der Waals surface area contributed by atoms with E-state index in [1.807, 2.05) is 37.3 Å². The number of allylic oxidation sites excluding steroid dienone is 1. The second kappa shape index (κ2) is 9.34. The molecule has 1 unspecified atom stereocenters. The number of unbranched alkanes of at least 4 members (excludes halogenated alkanes) is 1. The number of phenolic OH excluding ortho intramolecular Hbond substituents is 1. The maximum Gasteiger partial charge on any atom is 0.131 e. The zero-order chi connectivity index (χ0) is 19.9. The van der Waals surface area contributed by atoms with Crippen LogP contribution in [-0.4, -0.2) is 16.3 Å². The summed E-state index contributed by atoms with van der Waals surface area (Å²) >= 11 is 0. The molecule has 3 heteroatoms. The Balaban J connectivity index is 1.69. The topological polar surface area (TPSA) is 40.5 Å². The van der Waals surface area contributed by atoms with Gasteiger partial charge >= 0.3 is 0 Å². The standard InChI is InChI=1S/C25H25FO2/c1-18(27)5-3-2-4-6-19-7-9-20(10-8-19)22-13-16-24(25(26)17-22)21-11-14-23(28)15-12-21/h4,6-18,27-28H,2-3,5H2,1H3. The molecule has 3 aromatic rings. The van der Waals surface area contributed by atoms with Crippen molar-refractivity contribution in [2.24, 2.45) is 0 Å². The fourth-order valence-corrected chi connectivity index (χ4v) is 3.11. The second-order valence-electron chi connectivity index (χ2n) is 7.05. The van der Waals surface area contributed by atoms with Crippen LogP contribution in [0.4, 0.5) is 4.39 Å². The molecule has 0 aliphatic rings. The highest BCUT2D eigenvalue weighted by atomic mass is 19.1. The minimum Gasteiger partial charge on any atom is -0.508 e. The van der Waals surface area contributed by atoms with Crippen LogP contribution in [0.1, 0.15) is 31.7 Å². The lowest BCUT2D eigenvalue weighted by atomic mass is 9.99. The van der Waals surface area contributed by atoms with E-state index in [1.165, 1.54) is 0 Å². The summed E-state index contributed by atoms with van der Waals surface area (Å²) in [7, 11) is 0. The average molecular weight is 376 g/mol. The van der Waals surface area contributed by atoms with Crippen LogP contribution in [0.25, 0.3) is 28.3 Å². The van der Waals surface area contributed by atoms with E-state index in [2.05, 4.69) is 12.2 Å². The molecule has 0 amide bonds. The number of benzene rings is 3. The maximum atomic E-state index is 14.6. The highest BCUT2D eigenvalue weighted by molar-refractivity contribution is 5.72. The SMILES string of the molecule is CC(O)CCCC=Cc1ccc(-c2ccc(-c3ccc(O)cc3)c(F)c2)cc1. The lowest BCUT2D eigenvalue weighted by Gasteiger charge is -2.08. The Kier molecular flexibility index (Phi) is 6.62. The molecule has 0 radical (unpaired) electrons. The van der Waals surface area contributed by atoms with Crippen molar-refractivity contribution in [1.29, 1.82) is 0 Å². The van der Waals surface area contributed by atoms with Gasteiger partial charge in [0.25, 0.3) is 0 Å². The zero-order valence-electron chi connectivity index (χ0n) is 16.0. The van der Waals surface area contributed by atoms with Crippen molar-refractivity contribution < 1.29 is 14.6 Å². The van der Waals surface area contributed by atoms with Crippen LogP contribution in [0.15, 0.2) is 72.8 Å². The minimum absolute atomic E-state index is 0.165. The number of aliphatic hydroxyl groups is 1. The fourth-order valence-electron chi connectivity index (χ4n) is 3.11. The highest BCUT2D eigenvalue weighted by Gasteiger charge is 2.07. The molecule has 28 heavy (non-hydrogen) atoms. The number of hydrogen-bond donors (Lipinski definition) is 2. The summed E-state index contributed by atoms with van der Waals surface area (Å²) in [5, 5.41) is 18.6. The molecule has 0 aliphatic carbocycles. The molecule has 144 valence electrons. The van der Waals surface area contributed by atoms with Gasteiger partial charge in [0, 0.05) is 5.56 Å². The monoisotopic (exact) mass is 376 g/mol. The largest absolute Gasteiger partial charge is 0.508 e. The summed E-state index contributed by atoms with van der Waals surface area (Å²) in [5.74, 6) is -0.122. The molecule has 0 saturated heterocycles. The van der Waals surface area contributed by atoms with Crippen LogP contribution in [0.3, 0.4) is 0 Å². The van der Waals surface area contributed by atoms with E-state index in [0.29, 0.717) is 5.56 Å². The van der Waals surface area contributed by atoms with Crippen molar-refractivity contribution in [2.75, 3.05) is 0 Å². The van der Waals surface area contributed by atoms with E-state index in [1.54, 1.807) is 36.4 Å². The Hall–Kier alpha value is -2.91. The molecule has 0 bridgehead atoms. The van der Waals surface area contributed by atoms with Crippen molar-refractivity contribution in [3.8, 4) is 28.0 Å². The Morgan fingerprint density at radius 1 is 0.893 bits per heavy atom. The van der Waals surface area contributed by atoms with Crippen molar-refractivity contribution in [3.05, 3.63) is 84.2 Å². The summed E-state index contributed by atoms with van der Waals surface area (Å²) in [4.78, 5) is 0. The van der Waals surface area contributed by atoms with E-state index in [9.17, 15) is 14.6 Å². The lowest BCUT2D eigenvalue weighted by Crippen LogP contribution is -1.97. The summed E-state index contributed by atoms with van der Waals surface area (Å²) < 4.78 is 14.6. The molecule has 0 fully saturated rings. The minimum atomic E-state index is -0.287. The van der Waals surface area contributed by atoms with E-state index in [-0.39, 0.29) is 17.7 Å². The van der Waals surface area contributed by atoms with E-state index >= 15 is 0 Å². The summed E-state index contributed by atoms with van der Waals surface area (Å²) in [5.41, 5.74) is 4.13. The van der Waals surface area contributed by atoms with E-state index in [4.69, 9.17) is 0 Å². The number of halogens is 1. The Bertz CT molecular complexity index is 926. The normalized spacial score (nSPS) is 12.4. The third-order valence-corrected chi connectivity index (χ3v) is 4.69. The molecule has 0 saturated carbocycles. The smallest absolute Gasteiger partial charge is 0.131 e. The molecule has 2 nitrogen and oxygen atoms in total. The fraction of sp³-hybridized carbons (Fsp3) is 0.200. The maximum absolute atomic E-state index is 14.6. The van der Waals surface area contributed by atoms with Gasteiger partial charge in [-0.25, -0.2) is 4.39 Å². The first-order chi connectivity index (χ1) is 13.5. The average Bonchev–Trinajstić information content (AvgIpc) is 2.69. The van der Waals surface area contributed by atoms with Crippen LogP contribution in [0.2, 0.25) is 0 Å². The highest BCUT2D eigenvalue weighted by Crippen LogP contribution is 2.29. The van der Waals surface area contributed by atoms with E-state index in [0.717, 1.165) is 41.5 Å². The molecule has 2 N–H and O–H groups in total. The van der Waals surface area contributed by atoms with Gasteiger partial charge in [0.1, 0.15) is 11.6 Å².